The third-order valence-corrected chi connectivity index (χ3v) is 2.38. The highest BCUT2D eigenvalue weighted by atomic mass is 19.1. The fraction of sp³-hybridized carbons (Fsp3) is 0.455. The van der Waals surface area contributed by atoms with E-state index >= 15 is 0 Å². The van der Waals surface area contributed by atoms with Crippen LogP contribution in [0.1, 0.15) is 18.9 Å². The van der Waals surface area contributed by atoms with Gasteiger partial charge >= 0.3 is 0 Å². The van der Waals surface area contributed by atoms with Gasteiger partial charge in [0.15, 0.2) is 0 Å². The van der Waals surface area contributed by atoms with Crippen LogP contribution in [0.4, 0.5) is 4.39 Å². The summed E-state index contributed by atoms with van der Waals surface area (Å²) in [6.07, 6.45) is 1.75. The Morgan fingerprint density at radius 1 is 1.38 bits per heavy atom. The number of nitrogens with two attached hydrogens (primary N) is 1. The Morgan fingerprint density at radius 2 is 2.08 bits per heavy atom. The summed E-state index contributed by atoms with van der Waals surface area (Å²) >= 11 is 0. The molecule has 1 atom stereocenters. The van der Waals surface area contributed by atoms with Crippen LogP contribution in [0.2, 0.25) is 0 Å². The fourth-order valence-corrected chi connectivity index (χ4v) is 1.37. The van der Waals surface area contributed by atoms with Crippen molar-refractivity contribution in [3.8, 4) is 0 Å². The molecule has 0 spiro atoms. The second-order valence-electron chi connectivity index (χ2n) is 3.31. The van der Waals surface area contributed by atoms with E-state index < -0.39 is 0 Å². The second-order valence-corrected chi connectivity index (χ2v) is 3.31. The Kier molecular flexibility index (Phi) is 3.90. The Bertz CT molecular complexity index is 256. The van der Waals surface area contributed by atoms with Crippen LogP contribution < -0.4 is 5.73 Å². The van der Waals surface area contributed by atoms with E-state index in [4.69, 9.17) is 5.73 Å². The molecule has 0 aliphatic carbocycles. The van der Waals surface area contributed by atoms with Gasteiger partial charge < -0.3 is 5.73 Å². The largest absolute Gasteiger partial charge is 0.330 e. The Hall–Kier alpha value is -0.890. The molecule has 0 aromatic heterocycles. The van der Waals surface area contributed by atoms with Crippen LogP contribution in [0.15, 0.2) is 24.3 Å². The topological polar surface area (TPSA) is 26.0 Å². The van der Waals surface area contributed by atoms with Gasteiger partial charge in [-0.15, -0.1) is 0 Å². The summed E-state index contributed by atoms with van der Waals surface area (Å²) in [5, 5.41) is 0. The van der Waals surface area contributed by atoms with Crippen LogP contribution in [-0.2, 0) is 6.42 Å². The molecule has 0 aliphatic rings. The molecule has 1 rings (SSSR count). The number of benzene rings is 1. The zero-order valence-electron chi connectivity index (χ0n) is 7.96. The van der Waals surface area contributed by atoms with E-state index in [1.54, 1.807) is 6.07 Å². The first-order valence-electron chi connectivity index (χ1n) is 4.71. The van der Waals surface area contributed by atoms with Gasteiger partial charge in [0.1, 0.15) is 5.82 Å². The van der Waals surface area contributed by atoms with Gasteiger partial charge in [0.05, 0.1) is 0 Å². The van der Waals surface area contributed by atoms with Gasteiger partial charge in [-0.2, -0.15) is 0 Å². The van der Waals surface area contributed by atoms with Gasteiger partial charge in [-0.25, -0.2) is 4.39 Å². The van der Waals surface area contributed by atoms with E-state index in [2.05, 4.69) is 6.92 Å². The van der Waals surface area contributed by atoms with Gasteiger partial charge in [0.2, 0.25) is 0 Å². The van der Waals surface area contributed by atoms with Crippen LogP contribution in [0.5, 0.6) is 0 Å². The number of hydrogen-bond donors (Lipinski definition) is 1. The third kappa shape index (κ3) is 2.81. The van der Waals surface area contributed by atoms with Crippen LogP contribution >= 0.6 is 0 Å². The smallest absolute Gasteiger partial charge is 0.126 e. The molecule has 0 aliphatic heterocycles. The van der Waals surface area contributed by atoms with Crippen LogP contribution in [-0.4, -0.2) is 6.54 Å². The molecule has 2 N–H and O–H groups in total. The van der Waals surface area contributed by atoms with Crippen molar-refractivity contribution in [2.45, 2.75) is 19.8 Å². The van der Waals surface area contributed by atoms with Crippen molar-refractivity contribution in [1.82, 2.24) is 0 Å². The summed E-state index contributed by atoms with van der Waals surface area (Å²) in [7, 11) is 0. The molecule has 1 nitrogen and oxygen atoms in total. The zero-order chi connectivity index (χ0) is 9.68. The van der Waals surface area contributed by atoms with E-state index in [0.29, 0.717) is 12.5 Å². The van der Waals surface area contributed by atoms with Crippen molar-refractivity contribution < 1.29 is 4.39 Å². The molecule has 1 aromatic carbocycles. The molecular formula is C11H16FN. The van der Waals surface area contributed by atoms with Crippen molar-refractivity contribution in [3.05, 3.63) is 35.6 Å². The molecule has 1 aromatic rings. The predicted octanol–water partition coefficient (Wildman–Crippen LogP) is 2.35. The molecule has 13 heavy (non-hydrogen) atoms. The summed E-state index contributed by atoms with van der Waals surface area (Å²) < 4.78 is 13.2. The highest BCUT2D eigenvalue weighted by Crippen LogP contribution is 2.13. The average Bonchev–Trinajstić information content (AvgIpc) is 2.17. The van der Waals surface area contributed by atoms with Gasteiger partial charge in [-0.3, -0.25) is 0 Å². The van der Waals surface area contributed by atoms with Crippen molar-refractivity contribution in [1.29, 1.82) is 0 Å². The number of rotatable bonds is 4. The second kappa shape index (κ2) is 4.97. The normalized spacial score (nSPS) is 12.8. The number of halogens is 1. The van der Waals surface area contributed by atoms with Crippen LogP contribution in [0.3, 0.4) is 0 Å². The van der Waals surface area contributed by atoms with E-state index in [1.807, 2.05) is 12.1 Å². The first-order valence-corrected chi connectivity index (χ1v) is 4.71. The van der Waals surface area contributed by atoms with E-state index in [0.717, 1.165) is 18.4 Å². The molecule has 2 heteroatoms. The van der Waals surface area contributed by atoms with Gasteiger partial charge in [-0.05, 0) is 30.5 Å². The minimum atomic E-state index is -0.116. The average molecular weight is 181 g/mol. The van der Waals surface area contributed by atoms with Gasteiger partial charge in [-0.1, -0.05) is 31.5 Å². The quantitative estimate of drug-likeness (QED) is 0.758. The first kappa shape index (κ1) is 10.2. The summed E-state index contributed by atoms with van der Waals surface area (Å²) in [6, 6.07) is 6.90. The van der Waals surface area contributed by atoms with Crippen LogP contribution in [0.25, 0.3) is 0 Å². The molecule has 0 heterocycles. The number of hydrogen-bond acceptors (Lipinski definition) is 1. The molecule has 0 amide bonds. The highest BCUT2D eigenvalue weighted by Gasteiger charge is 2.07. The van der Waals surface area contributed by atoms with Gasteiger partial charge in [0.25, 0.3) is 0 Å². The molecular weight excluding hydrogens is 165 g/mol. The molecule has 72 valence electrons. The lowest BCUT2D eigenvalue weighted by Crippen LogP contribution is -2.16. The zero-order valence-corrected chi connectivity index (χ0v) is 7.96. The fourth-order valence-electron chi connectivity index (χ4n) is 1.37. The van der Waals surface area contributed by atoms with Gasteiger partial charge in [0, 0.05) is 0 Å². The summed E-state index contributed by atoms with van der Waals surface area (Å²) in [5.41, 5.74) is 6.34. The molecule has 0 radical (unpaired) electrons. The van der Waals surface area contributed by atoms with Crippen molar-refractivity contribution in [2.75, 3.05) is 6.54 Å². The lowest BCUT2D eigenvalue weighted by atomic mass is 9.97. The van der Waals surface area contributed by atoms with Crippen molar-refractivity contribution in [2.24, 2.45) is 11.7 Å². The Labute approximate surface area is 78.8 Å². The minimum Gasteiger partial charge on any atom is -0.330 e. The predicted molar refractivity (Wildman–Crippen MR) is 52.9 cm³/mol. The monoisotopic (exact) mass is 181 g/mol. The van der Waals surface area contributed by atoms with E-state index in [1.165, 1.54) is 6.07 Å². The molecule has 0 bridgehead atoms. The lowest BCUT2D eigenvalue weighted by molar-refractivity contribution is 0.500. The molecule has 0 saturated carbocycles. The summed E-state index contributed by atoms with van der Waals surface area (Å²) in [6.45, 7) is 2.71. The maximum absolute atomic E-state index is 13.2. The van der Waals surface area contributed by atoms with Crippen molar-refractivity contribution in [3.63, 3.8) is 0 Å². The maximum atomic E-state index is 13.2. The molecule has 1 unspecified atom stereocenters. The third-order valence-electron chi connectivity index (χ3n) is 2.38. The minimum absolute atomic E-state index is 0.116. The summed E-state index contributed by atoms with van der Waals surface area (Å²) in [5.74, 6) is 0.284. The molecule has 0 saturated heterocycles. The maximum Gasteiger partial charge on any atom is 0.126 e. The van der Waals surface area contributed by atoms with Crippen LogP contribution in [0, 0.1) is 11.7 Å². The first-order chi connectivity index (χ1) is 6.27. The van der Waals surface area contributed by atoms with Crippen molar-refractivity contribution >= 4 is 0 Å². The van der Waals surface area contributed by atoms with E-state index in [-0.39, 0.29) is 5.82 Å². The standard InChI is InChI=1S/C11H16FN/c1-2-9(8-13)7-10-5-3-4-6-11(10)12/h3-6,9H,2,7-8,13H2,1H3. The summed E-state index contributed by atoms with van der Waals surface area (Å²) in [4.78, 5) is 0. The Balaban J connectivity index is 2.67. The SMILES string of the molecule is CCC(CN)Cc1ccccc1F. The molecule has 0 fully saturated rings. The lowest BCUT2D eigenvalue weighted by Gasteiger charge is -2.12. The highest BCUT2D eigenvalue weighted by molar-refractivity contribution is 5.17. The van der Waals surface area contributed by atoms with E-state index in [9.17, 15) is 4.39 Å². The Morgan fingerprint density at radius 3 is 2.62 bits per heavy atom.